The van der Waals surface area contributed by atoms with E-state index in [4.69, 9.17) is 4.74 Å². The first-order chi connectivity index (χ1) is 9.66. The van der Waals surface area contributed by atoms with E-state index in [0.29, 0.717) is 17.7 Å². The summed E-state index contributed by atoms with van der Waals surface area (Å²) in [5.41, 5.74) is 1.78. The second kappa shape index (κ2) is 5.40. The molecule has 3 rings (SSSR count). The van der Waals surface area contributed by atoms with Gasteiger partial charge in [-0.15, -0.1) is 0 Å². The molecule has 0 aromatic heterocycles. The van der Waals surface area contributed by atoms with Crippen molar-refractivity contribution in [1.82, 2.24) is 0 Å². The molecule has 1 aromatic rings. The van der Waals surface area contributed by atoms with Crippen LogP contribution >= 0.6 is 0 Å². The second-order valence-corrected chi connectivity index (χ2v) is 5.77. The van der Waals surface area contributed by atoms with Crippen LogP contribution in [0.2, 0.25) is 0 Å². The van der Waals surface area contributed by atoms with E-state index < -0.39 is 0 Å². The van der Waals surface area contributed by atoms with Gasteiger partial charge in [0, 0.05) is 24.6 Å². The molecular weight excluding hydrogens is 256 g/mol. The number of nitro benzene ring substituents is 1. The van der Waals surface area contributed by atoms with Gasteiger partial charge in [0.15, 0.2) is 0 Å². The van der Waals surface area contributed by atoms with Crippen molar-refractivity contribution in [1.29, 1.82) is 0 Å². The Morgan fingerprint density at radius 2 is 2.20 bits per heavy atom. The third-order valence-corrected chi connectivity index (χ3v) is 4.56. The van der Waals surface area contributed by atoms with Crippen molar-refractivity contribution in [2.24, 2.45) is 5.92 Å². The monoisotopic (exact) mass is 276 g/mol. The number of ether oxygens (including phenoxy) is 1. The van der Waals surface area contributed by atoms with Crippen molar-refractivity contribution in [3.63, 3.8) is 0 Å². The molecule has 1 heterocycles. The topological polar surface area (TPSA) is 64.4 Å². The van der Waals surface area contributed by atoms with Crippen LogP contribution in [0.4, 0.5) is 11.4 Å². The van der Waals surface area contributed by atoms with Gasteiger partial charge in [0.05, 0.1) is 11.0 Å². The van der Waals surface area contributed by atoms with Gasteiger partial charge in [-0.25, -0.2) is 0 Å². The number of nitrogens with one attached hydrogen (secondary N) is 1. The van der Waals surface area contributed by atoms with E-state index >= 15 is 0 Å². The lowest BCUT2D eigenvalue weighted by molar-refractivity contribution is -0.384. The number of para-hydroxylation sites is 1. The third kappa shape index (κ3) is 2.38. The lowest BCUT2D eigenvalue weighted by Crippen LogP contribution is -2.38. The molecule has 108 valence electrons. The van der Waals surface area contributed by atoms with Crippen LogP contribution in [0.3, 0.4) is 0 Å². The fourth-order valence-corrected chi connectivity index (χ4v) is 3.53. The Morgan fingerprint density at radius 3 is 3.00 bits per heavy atom. The van der Waals surface area contributed by atoms with Gasteiger partial charge in [0.2, 0.25) is 0 Å². The first-order valence-electron chi connectivity index (χ1n) is 7.29. The third-order valence-electron chi connectivity index (χ3n) is 4.56. The smallest absolute Gasteiger partial charge is 0.292 e. The fourth-order valence-electron chi connectivity index (χ4n) is 3.53. The van der Waals surface area contributed by atoms with E-state index in [9.17, 15) is 10.1 Å². The minimum absolute atomic E-state index is 0.172. The molecule has 3 unspecified atom stereocenters. The van der Waals surface area contributed by atoms with Crippen molar-refractivity contribution in [2.45, 2.75) is 44.8 Å². The molecule has 1 saturated carbocycles. The molecule has 1 saturated heterocycles. The molecule has 1 aliphatic heterocycles. The number of aryl methyl sites for hydroxylation is 1. The molecule has 3 atom stereocenters. The van der Waals surface area contributed by atoms with Gasteiger partial charge in [0.25, 0.3) is 5.69 Å². The zero-order valence-corrected chi connectivity index (χ0v) is 11.7. The van der Waals surface area contributed by atoms with E-state index in [2.05, 4.69) is 5.32 Å². The van der Waals surface area contributed by atoms with E-state index in [-0.39, 0.29) is 16.7 Å². The van der Waals surface area contributed by atoms with Crippen LogP contribution in [0, 0.1) is 23.0 Å². The Labute approximate surface area is 118 Å². The summed E-state index contributed by atoms with van der Waals surface area (Å²) in [5.74, 6) is 0.489. The Balaban J connectivity index is 1.85. The average molecular weight is 276 g/mol. The summed E-state index contributed by atoms with van der Waals surface area (Å²) in [7, 11) is 0. The quantitative estimate of drug-likeness (QED) is 0.679. The van der Waals surface area contributed by atoms with E-state index in [0.717, 1.165) is 37.9 Å². The molecule has 0 spiro atoms. The highest BCUT2D eigenvalue weighted by Gasteiger charge is 2.38. The highest BCUT2D eigenvalue weighted by atomic mass is 16.6. The van der Waals surface area contributed by atoms with Crippen molar-refractivity contribution in [2.75, 3.05) is 11.9 Å². The summed E-state index contributed by atoms with van der Waals surface area (Å²) in [6, 6.07) is 5.51. The van der Waals surface area contributed by atoms with Crippen LogP contribution in [0.15, 0.2) is 18.2 Å². The zero-order valence-electron chi connectivity index (χ0n) is 11.7. The van der Waals surface area contributed by atoms with Crippen molar-refractivity contribution in [3.8, 4) is 0 Å². The van der Waals surface area contributed by atoms with Crippen molar-refractivity contribution < 1.29 is 9.66 Å². The Bertz CT molecular complexity index is 518. The normalized spacial score (nSPS) is 28.9. The highest BCUT2D eigenvalue weighted by molar-refractivity contribution is 5.66. The van der Waals surface area contributed by atoms with Crippen molar-refractivity contribution in [3.05, 3.63) is 33.9 Å². The average Bonchev–Trinajstić information content (AvgIpc) is 2.90. The van der Waals surface area contributed by atoms with Gasteiger partial charge in [-0.05, 0) is 38.2 Å². The molecule has 1 aromatic carbocycles. The first-order valence-corrected chi connectivity index (χ1v) is 7.29. The summed E-state index contributed by atoms with van der Waals surface area (Å²) in [4.78, 5) is 10.9. The Hall–Kier alpha value is -1.62. The molecule has 20 heavy (non-hydrogen) atoms. The molecule has 5 heteroatoms. The lowest BCUT2D eigenvalue weighted by atomic mass is 9.81. The summed E-state index contributed by atoms with van der Waals surface area (Å²) < 4.78 is 5.76. The van der Waals surface area contributed by atoms with Crippen LogP contribution in [0.1, 0.15) is 31.2 Å². The van der Waals surface area contributed by atoms with E-state index in [1.807, 2.05) is 13.0 Å². The summed E-state index contributed by atoms with van der Waals surface area (Å²) in [6.45, 7) is 2.74. The molecule has 1 N–H and O–H groups in total. The number of nitro groups is 1. The number of benzene rings is 1. The lowest BCUT2D eigenvalue weighted by Gasteiger charge is -2.34. The molecule has 0 radical (unpaired) electrons. The SMILES string of the molecule is Cc1cccc([N+](=O)[O-])c1NC1CCCC2OCCC12. The minimum atomic E-state index is -0.305. The van der Waals surface area contributed by atoms with Crippen LogP contribution in [0.5, 0.6) is 0 Å². The Morgan fingerprint density at radius 1 is 1.35 bits per heavy atom. The van der Waals surface area contributed by atoms with E-state index in [1.165, 1.54) is 0 Å². The maximum Gasteiger partial charge on any atom is 0.292 e. The Kier molecular flexibility index (Phi) is 3.61. The van der Waals surface area contributed by atoms with Crippen LogP contribution in [-0.4, -0.2) is 23.7 Å². The standard InChI is InChI=1S/C15H20N2O3/c1-10-4-2-6-13(17(18)19)15(10)16-12-5-3-7-14-11(12)8-9-20-14/h2,4,6,11-12,14,16H,3,5,7-9H2,1H3. The van der Waals surface area contributed by atoms with Crippen LogP contribution < -0.4 is 5.32 Å². The highest BCUT2D eigenvalue weighted by Crippen LogP contribution is 2.38. The van der Waals surface area contributed by atoms with Gasteiger partial charge in [-0.1, -0.05) is 12.1 Å². The van der Waals surface area contributed by atoms with Crippen LogP contribution in [0.25, 0.3) is 0 Å². The molecule has 1 aliphatic carbocycles. The largest absolute Gasteiger partial charge is 0.378 e. The summed E-state index contributed by atoms with van der Waals surface area (Å²) >= 11 is 0. The number of anilines is 1. The summed E-state index contributed by atoms with van der Waals surface area (Å²) in [5, 5.41) is 14.6. The predicted molar refractivity (Wildman–Crippen MR) is 76.9 cm³/mol. The molecule has 5 nitrogen and oxygen atoms in total. The molecule has 2 aliphatic rings. The fraction of sp³-hybridized carbons (Fsp3) is 0.600. The van der Waals surface area contributed by atoms with Gasteiger partial charge in [-0.3, -0.25) is 10.1 Å². The minimum Gasteiger partial charge on any atom is -0.378 e. The number of hydrogen-bond acceptors (Lipinski definition) is 4. The molecule has 0 bridgehead atoms. The number of fused-ring (bicyclic) bond motifs is 1. The second-order valence-electron chi connectivity index (χ2n) is 5.77. The number of hydrogen-bond donors (Lipinski definition) is 1. The van der Waals surface area contributed by atoms with E-state index in [1.54, 1.807) is 12.1 Å². The zero-order chi connectivity index (χ0) is 14.1. The number of nitrogens with zero attached hydrogens (tertiary/aromatic N) is 1. The van der Waals surface area contributed by atoms with Crippen LogP contribution in [-0.2, 0) is 4.74 Å². The molecular formula is C15H20N2O3. The first kappa shape index (κ1) is 13.4. The maximum atomic E-state index is 11.2. The molecule has 0 amide bonds. The number of rotatable bonds is 3. The van der Waals surface area contributed by atoms with Gasteiger partial charge < -0.3 is 10.1 Å². The predicted octanol–water partition coefficient (Wildman–Crippen LogP) is 3.27. The molecule has 2 fully saturated rings. The van der Waals surface area contributed by atoms with Gasteiger partial charge in [-0.2, -0.15) is 0 Å². The summed E-state index contributed by atoms with van der Waals surface area (Å²) in [6.07, 6.45) is 4.71. The van der Waals surface area contributed by atoms with Gasteiger partial charge in [0.1, 0.15) is 5.69 Å². The van der Waals surface area contributed by atoms with Crippen molar-refractivity contribution >= 4 is 11.4 Å². The maximum absolute atomic E-state index is 11.2. The van der Waals surface area contributed by atoms with Gasteiger partial charge >= 0.3 is 0 Å².